The molecule has 1 saturated heterocycles. The first-order chi connectivity index (χ1) is 15.2. The summed E-state index contributed by atoms with van der Waals surface area (Å²) >= 11 is 0. The Morgan fingerprint density at radius 1 is 0.938 bits per heavy atom. The van der Waals surface area contributed by atoms with Gasteiger partial charge in [-0.25, -0.2) is 21.6 Å². The Morgan fingerprint density at radius 3 is 2.16 bits per heavy atom. The molecule has 0 aromatic heterocycles. The van der Waals surface area contributed by atoms with Gasteiger partial charge in [0.1, 0.15) is 0 Å². The Hall–Kier alpha value is -2.63. The minimum atomic E-state index is -4.04. The maximum atomic E-state index is 13.0. The van der Waals surface area contributed by atoms with Crippen molar-refractivity contribution in [2.75, 3.05) is 36.3 Å². The number of anilines is 2. The molecule has 0 aliphatic carbocycles. The average molecular weight is 482 g/mol. The summed E-state index contributed by atoms with van der Waals surface area (Å²) in [5.41, 5.74) is 0.891. The monoisotopic (exact) mass is 481 g/mol. The van der Waals surface area contributed by atoms with E-state index >= 15 is 0 Å². The van der Waals surface area contributed by atoms with Crippen molar-refractivity contribution >= 4 is 37.4 Å². The summed E-state index contributed by atoms with van der Waals surface area (Å²) in [5.74, 6) is -0.563. The lowest BCUT2D eigenvalue weighted by atomic mass is 10.1. The number of carbonyl (C=O) groups excluding carboxylic acids is 1. The average Bonchev–Trinajstić information content (AvgIpc) is 3.31. The molecule has 2 N–H and O–H groups in total. The molecular weight excluding hydrogens is 454 g/mol. The van der Waals surface area contributed by atoms with Gasteiger partial charge in [-0.1, -0.05) is 0 Å². The first-order valence-electron chi connectivity index (χ1n) is 10.4. The molecule has 1 heterocycles. The minimum Gasteiger partial charge on any atom is -0.462 e. The van der Waals surface area contributed by atoms with Crippen LogP contribution in [0.2, 0.25) is 0 Å². The van der Waals surface area contributed by atoms with Crippen LogP contribution in [-0.2, 0) is 24.8 Å². The number of rotatable bonds is 9. The number of benzene rings is 2. The number of sulfonamides is 2. The summed E-state index contributed by atoms with van der Waals surface area (Å²) in [6.45, 7) is 5.21. The van der Waals surface area contributed by atoms with Crippen LogP contribution in [0.1, 0.15) is 37.0 Å². The van der Waals surface area contributed by atoms with E-state index in [1.807, 2.05) is 6.92 Å². The zero-order chi connectivity index (χ0) is 23.4. The Bertz CT molecular complexity index is 1170. The van der Waals surface area contributed by atoms with E-state index < -0.39 is 26.0 Å². The van der Waals surface area contributed by atoms with Crippen molar-refractivity contribution in [2.24, 2.45) is 0 Å². The fraction of sp³-hybridized carbons (Fsp3) is 0.381. The second kappa shape index (κ2) is 9.88. The van der Waals surface area contributed by atoms with Gasteiger partial charge in [0.15, 0.2) is 0 Å². The molecule has 3 rings (SSSR count). The van der Waals surface area contributed by atoms with E-state index in [2.05, 4.69) is 10.0 Å². The molecule has 32 heavy (non-hydrogen) atoms. The van der Waals surface area contributed by atoms with Gasteiger partial charge in [0, 0.05) is 19.6 Å². The normalized spacial score (nSPS) is 14.8. The van der Waals surface area contributed by atoms with Crippen molar-refractivity contribution in [3.05, 3.63) is 48.0 Å². The molecular formula is C21H27N3O6S2. The number of hydrogen-bond acceptors (Lipinski definition) is 7. The van der Waals surface area contributed by atoms with Crippen LogP contribution in [0.5, 0.6) is 0 Å². The highest BCUT2D eigenvalue weighted by Gasteiger charge is 2.27. The molecule has 1 fully saturated rings. The number of hydrogen-bond donors (Lipinski definition) is 2. The van der Waals surface area contributed by atoms with Gasteiger partial charge in [0.25, 0.3) is 10.0 Å². The Morgan fingerprint density at radius 2 is 1.56 bits per heavy atom. The predicted molar refractivity (Wildman–Crippen MR) is 122 cm³/mol. The van der Waals surface area contributed by atoms with Crippen LogP contribution < -0.4 is 10.0 Å². The van der Waals surface area contributed by atoms with E-state index in [-0.39, 0.29) is 27.6 Å². The van der Waals surface area contributed by atoms with Crippen LogP contribution in [0, 0.1) is 0 Å². The van der Waals surface area contributed by atoms with Gasteiger partial charge in [0.05, 0.1) is 33.3 Å². The van der Waals surface area contributed by atoms with Crippen molar-refractivity contribution in [2.45, 2.75) is 36.5 Å². The topological polar surface area (TPSA) is 122 Å². The number of carbonyl (C=O) groups is 1. The van der Waals surface area contributed by atoms with Gasteiger partial charge < -0.3 is 10.1 Å². The molecule has 11 heteroatoms. The van der Waals surface area contributed by atoms with Crippen molar-refractivity contribution in [3.63, 3.8) is 0 Å². The predicted octanol–water partition coefficient (Wildman–Crippen LogP) is 2.88. The van der Waals surface area contributed by atoms with Gasteiger partial charge in [-0.05, 0) is 69.2 Å². The van der Waals surface area contributed by atoms with E-state index in [9.17, 15) is 21.6 Å². The fourth-order valence-electron chi connectivity index (χ4n) is 3.39. The zero-order valence-corrected chi connectivity index (χ0v) is 19.6. The molecule has 0 unspecified atom stereocenters. The molecule has 0 bridgehead atoms. The summed E-state index contributed by atoms with van der Waals surface area (Å²) in [6.07, 6.45) is 1.63. The molecule has 0 amide bonds. The lowest BCUT2D eigenvalue weighted by Gasteiger charge is -2.17. The van der Waals surface area contributed by atoms with Crippen molar-refractivity contribution in [3.8, 4) is 0 Å². The third kappa shape index (κ3) is 5.22. The van der Waals surface area contributed by atoms with E-state index in [4.69, 9.17) is 4.74 Å². The summed E-state index contributed by atoms with van der Waals surface area (Å²) < 4.78 is 60.1. The summed E-state index contributed by atoms with van der Waals surface area (Å²) in [6, 6.07) is 9.65. The number of nitrogens with zero attached hydrogens (tertiary/aromatic N) is 1. The maximum Gasteiger partial charge on any atom is 0.338 e. The van der Waals surface area contributed by atoms with Gasteiger partial charge in [-0.2, -0.15) is 4.31 Å². The molecule has 0 radical (unpaired) electrons. The largest absolute Gasteiger partial charge is 0.462 e. The van der Waals surface area contributed by atoms with E-state index in [1.165, 1.54) is 34.6 Å². The van der Waals surface area contributed by atoms with Crippen molar-refractivity contribution < 1.29 is 26.4 Å². The molecule has 1 aliphatic rings. The lowest BCUT2D eigenvalue weighted by Crippen LogP contribution is -2.27. The number of ether oxygens (including phenoxy) is 1. The Kier molecular flexibility index (Phi) is 7.42. The molecule has 0 atom stereocenters. The van der Waals surface area contributed by atoms with Crippen LogP contribution in [0.3, 0.4) is 0 Å². The van der Waals surface area contributed by atoms with Crippen LogP contribution in [0.15, 0.2) is 52.3 Å². The first-order valence-corrected chi connectivity index (χ1v) is 13.3. The first kappa shape index (κ1) is 24.0. The van der Waals surface area contributed by atoms with E-state index in [1.54, 1.807) is 19.1 Å². The standard InChI is InChI=1S/C21H27N3O6S2/c1-3-22-19-12-7-16(21(25)30-4-2)15-20(19)23-31(26,27)17-8-10-18(11-9-17)32(28,29)24-13-5-6-14-24/h7-12,15,22-23H,3-6,13-14H2,1-2H3. The molecule has 1 aliphatic heterocycles. The molecule has 2 aromatic rings. The van der Waals surface area contributed by atoms with E-state index in [0.717, 1.165) is 12.8 Å². The van der Waals surface area contributed by atoms with Crippen LogP contribution >= 0.6 is 0 Å². The Labute approximate surface area is 188 Å². The zero-order valence-electron chi connectivity index (χ0n) is 18.0. The van der Waals surface area contributed by atoms with Crippen LogP contribution in [0.4, 0.5) is 11.4 Å². The molecule has 9 nitrogen and oxygen atoms in total. The minimum absolute atomic E-state index is 0.0518. The fourth-order valence-corrected chi connectivity index (χ4v) is 5.97. The van der Waals surface area contributed by atoms with Gasteiger partial charge in [-0.15, -0.1) is 0 Å². The third-order valence-electron chi connectivity index (χ3n) is 4.98. The molecule has 0 saturated carbocycles. The highest BCUT2D eigenvalue weighted by molar-refractivity contribution is 7.92. The number of esters is 1. The second-order valence-corrected chi connectivity index (χ2v) is 10.8. The summed E-state index contributed by atoms with van der Waals surface area (Å²) in [7, 11) is -7.68. The second-order valence-electron chi connectivity index (χ2n) is 7.20. The summed E-state index contributed by atoms with van der Waals surface area (Å²) in [5, 5.41) is 3.04. The van der Waals surface area contributed by atoms with Crippen molar-refractivity contribution in [1.82, 2.24) is 4.31 Å². The highest BCUT2D eigenvalue weighted by atomic mass is 32.2. The van der Waals surface area contributed by atoms with Gasteiger partial charge in [-0.3, -0.25) is 4.72 Å². The van der Waals surface area contributed by atoms with Gasteiger partial charge in [0.2, 0.25) is 10.0 Å². The molecule has 0 spiro atoms. The van der Waals surface area contributed by atoms with Crippen molar-refractivity contribution in [1.29, 1.82) is 0 Å². The molecule has 2 aromatic carbocycles. The lowest BCUT2D eigenvalue weighted by molar-refractivity contribution is 0.0526. The highest BCUT2D eigenvalue weighted by Crippen LogP contribution is 2.28. The smallest absolute Gasteiger partial charge is 0.338 e. The third-order valence-corrected chi connectivity index (χ3v) is 8.27. The quantitative estimate of drug-likeness (QED) is 0.528. The van der Waals surface area contributed by atoms with Crippen LogP contribution in [-0.4, -0.2) is 53.4 Å². The summed E-state index contributed by atoms with van der Waals surface area (Å²) in [4.78, 5) is 12.0. The maximum absolute atomic E-state index is 13.0. The number of nitrogens with one attached hydrogen (secondary N) is 2. The Balaban J connectivity index is 1.88. The SMILES string of the molecule is CCNc1ccc(C(=O)OCC)cc1NS(=O)(=O)c1ccc(S(=O)(=O)N2CCCC2)cc1. The van der Waals surface area contributed by atoms with Crippen LogP contribution in [0.25, 0.3) is 0 Å². The van der Waals surface area contributed by atoms with E-state index in [0.29, 0.717) is 25.3 Å². The van der Waals surface area contributed by atoms with Gasteiger partial charge >= 0.3 is 5.97 Å². The molecule has 174 valence electrons.